The molecule has 0 saturated carbocycles. The van der Waals surface area contributed by atoms with E-state index in [0.29, 0.717) is 21.8 Å². The van der Waals surface area contributed by atoms with Crippen LogP contribution in [0.25, 0.3) is 16.8 Å². The van der Waals surface area contributed by atoms with Gasteiger partial charge in [-0.2, -0.15) is 5.26 Å². The molecule has 0 radical (unpaired) electrons. The molecule has 0 bridgehead atoms. The van der Waals surface area contributed by atoms with Crippen molar-refractivity contribution in [3.63, 3.8) is 0 Å². The van der Waals surface area contributed by atoms with E-state index in [1.54, 1.807) is 23.7 Å². The average Bonchev–Trinajstić information content (AvgIpc) is 3.15. The number of rotatable bonds is 5. The number of allylic oxidation sites excluding steroid dienone is 1. The molecule has 6 nitrogen and oxygen atoms in total. The quantitative estimate of drug-likeness (QED) is 0.370. The monoisotopic (exact) mass is 376 g/mol. The number of aromatic nitrogens is 1. The first-order valence-electron chi connectivity index (χ1n) is 8.12. The van der Waals surface area contributed by atoms with Crippen LogP contribution < -0.4 is 5.32 Å². The first-order chi connectivity index (χ1) is 13.0. The second-order valence-electron chi connectivity index (χ2n) is 5.98. The second-order valence-corrected chi connectivity index (χ2v) is 6.84. The highest BCUT2D eigenvalue weighted by molar-refractivity contribution is 7.11. The van der Waals surface area contributed by atoms with Crippen LogP contribution in [0, 0.1) is 35.3 Å². The van der Waals surface area contributed by atoms with Crippen molar-refractivity contribution in [2.24, 2.45) is 0 Å². The Morgan fingerprint density at radius 3 is 2.85 bits per heavy atom. The maximum Gasteiger partial charge on any atom is 0.270 e. The van der Waals surface area contributed by atoms with Gasteiger partial charge in [-0.3, -0.25) is 10.1 Å². The number of non-ortho nitro benzene ring substituents is 1. The minimum absolute atomic E-state index is 0.00897. The summed E-state index contributed by atoms with van der Waals surface area (Å²) in [5, 5.41) is 26.0. The minimum atomic E-state index is -0.439. The Morgan fingerprint density at radius 2 is 2.11 bits per heavy atom. The number of nitrogens with zero attached hydrogens (tertiary/aromatic N) is 3. The lowest BCUT2D eigenvalue weighted by molar-refractivity contribution is -0.384. The normalized spacial score (nSPS) is 11.1. The lowest BCUT2D eigenvalue weighted by atomic mass is 10.1. The molecule has 0 atom stereocenters. The molecule has 0 saturated heterocycles. The van der Waals surface area contributed by atoms with Crippen molar-refractivity contribution in [3.05, 3.63) is 80.3 Å². The zero-order valence-electron chi connectivity index (χ0n) is 14.8. The number of anilines is 1. The summed E-state index contributed by atoms with van der Waals surface area (Å²) in [6.07, 6.45) is 1.64. The Hall–Kier alpha value is -3.50. The van der Waals surface area contributed by atoms with E-state index in [0.717, 1.165) is 16.8 Å². The summed E-state index contributed by atoms with van der Waals surface area (Å²) < 4.78 is 0. The molecule has 3 aromatic rings. The Labute approximate surface area is 160 Å². The van der Waals surface area contributed by atoms with Crippen LogP contribution in [0.2, 0.25) is 0 Å². The van der Waals surface area contributed by atoms with Gasteiger partial charge in [0.15, 0.2) is 0 Å². The maximum absolute atomic E-state index is 10.9. The number of nitro groups is 1. The van der Waals surface area contributed by atoms with E-state index in [1.807, 2.05) is 32.0 Å². The van der Waals surface area contributed by atoms with E-state index in [9.17, 15) is 15.4 Å². The summed E-state index contributed by atoms with van der Waals surface area (Å²) in [6, 6.07) is 14.5. The van der Waals surface area contributed by atoms with Crippen LogP contribution in [-0.2, 0) is 0 Å². The van der Waals surface area contributed by atoms with Gasteiger partial charge in [-0.15, -0.1) is 11.3 Å². The van der Waals surface area contributed by atoms with Crippen molar-refractivity contribution < 1.29 is 4.92 Å². The van der Waals surface area contributed by atoms with Crippen molar-refractivity contribution in [1.29, 1.82) is 5.26 Å². The van der Waals surface area contributed by atoms with Gasteiger partial charge in [-0.1, -0.05) is 24.3 Å². The summed E-state index contributed by atoms with van der Waals surface area (Å²) in [4.78, 5) is 15.0. The minimum Gasteiger partial charge on any atom is -0.360 e. The molecule has 0 amide bonds. The number of aryl methyl sites for hydroxylation is 2. The summed E-state index contributed by atoms with van der Waals surface area (Å²) in [7, 11) is 0. The highest BCUT2D eigenvalue weighted by Crippen LogP contribution is 2.28. The summed E-state index contributed by atoms with van der Waals surface area (Å²) in [5.74, 6) is 0. The number of hydrogen-bond acceptors (Lipinski definition) is 6. The first kappa shape index (κ1) is 18.3. The number of thiazole rings is 1. The lowest BCUT2D eigenvalue weighted by Crippen LogP contribution is -1.94. The van der Waals surface area contributed by atoms with E-state index in [1.165, 1.54) is 23.5 Å². The number of nitrogens with one attached hydrogen (secondary N) is 1. The van der Waals surface area contributed by atoms with Gasteiger partial charge in [0.25, 0.3) is 5.69 Å². The van der Waals surface area contributed by atoms with Crippen molar-refractivity contribution in [2.75, 3.05) is 5.32 Å². The first-order valence-corrected chi connectivity index (χ1v) is 9.00. The molecule has 0 aliphatic rings. The molecule has 7 heteroatoms. The highest BCUT2D eigenvalue weighted by atomic mass is 32.1. The van der Waals surface area contributed by atoms with Gasteiger partial charge in [0.05, 0.1) is 10.6 Å². The van der Waals surface area contributed by atoms with Crippen LogP contribution in [0.4, 0.5) is 11.4 Å². The third-order valence-corrected chi connectivity index (χ3v) is 4.85. The predicted octanol–water partition coefficient (Wildman–Crippen LogP) is 5.31. The molecule has 0 unspecified atom stereocenters. The Morgan fingerprint density at radius 1 is 1.30 bits per heavy atom. The van der Waals surface area contributed by atoms with E-state index < -0.39 is 4.92 Å². The van der Waals surface area contributed by atoms with Gasteiger partial charge in [0.2, 0.25) is 0 Å². The SMILES string of the molecule is Cc1ccc(C)c(NC=C(C#N)c2nc(-c3cccc([N+](=O)[O-])c3)cs2)c1. The molecule has 0 spiro atoms. The fraction of sp³-hybridized carbons (Fsp3) is 0.100. The molecular formula is C20H16N4O2S. The summed E-state index contributed by atoms with van der Waals surface area (Å²) in [6.45, 7) is 4.00. The molecule has 1 aromatic heterocycles. The Balaban J connectivity index is 1.87. The fourth-order valence-electron chi connectivity index (χ4n) is 2.49. The van der Waals surface area contributed by atoms with Crippen molar-refractivity contribution in [2.45, 2.75) is 13.8 Å². The van der Waals surface area contributed by atoms with Gasteiger partial charge in [-0.05, 0) is 31.0 Å². The van der Waals surface area contributed by atoms with E-state index >= 15 is 0 Å². The fourth-order valence-corrected chi connectivity index (χ4v) is 3.29. The zero-order chi connectivity index (χ0) is 19.4. The van der Waals surface area contributed by atoms with E-state index in [4.69, 9.17) is 0 Å². The molecular weight excluding hydrogens is 360 g/mol. The Kier molecular flexibility index (Phi) is 5.29. The van der Waals surface area contributed by atoms with Crippen LogP contribution in [0.5, 0.6) is 0 Å². The molecule has 134 valence electrons. The van der Waals surface area contributed by atoms with E-state index in [2.05, 4.69) is 16.4 Å². The summed E-state index contributed by atoms with van der Waals surface area (Å²) >= 11 is 1.32. The molecule has 1 heterocycles. The van der Waals surface area contributed by atoms with Gasteiger partial charge in [-0.25, -0.2) is 4.98 Å². The van der Waals surface area contributed by atoms with Crippen LogP contribution >= 0.6 is 11.3 Å². The van der Waals surface area contributed by atoms with Crippen molar-refractivity contribution in [1.82, 2.24) is 4.98 Å². The Bertz CT molecular complexity index is 1080. The smallest absolute Gasteiger partial charge is 0.270 e. The van der Waals surface area contributed by atoms with Gasteiger partial charge < -0.3 is 5.32 Å². The third kappa shape index (κ3) is 4.19. The molecule has 2 aromatic carbocycles. The van der Waals surface area contributed by atoms with Gasteiger partial charge in [0.1, 0.15) is 16.6 Å². The molecule has 0 aliphatic carbocycles. The standard InChI is InChI=1S/C20H16N4O2S/c1-13-6-7-14(2)18(8-13)22-11-16(10-21)20-23-19(12-27-20)15-4-3-5-17(9-15)24(25)26/h3-9,11-12,22H,1-2H3. The van der Waals surface area contributed by atoms with Crippen molar-refractivity contribution >= 4 is 28.3 Å². The number of hydrogen-bond donors (Lipinski definition) is 1. The van der Waals surface area contributed by atoms with Gasteiger partial charge in [0, 0.05) is 35.0 Å². The molecule has 1 N–H and O–H groups in total. The number of nitro benzene ring substituents is 1. The average molecular weight is 376 g/mol. The summed E-state index contributed by atoms with van der Waals surface area (Å²) in [5.41, 5.74) is 4.78. The van der Waals surface area contributed by atoms with Crippen LogP contribution in [0.3, 0.4) is 0 Å². The molecule has 0 fully saturated rings. The number of nitriles is 1. The molecule has 27 heavy (non-hydrogen) atoms. The zero-order valence-corrected chi connectivity index (χ0v) is 15.6. The second kappa shape index (κ2) is 7.81. The topological polar surface area (TPSA) is 91.8 Å². The largest absolute Gasteiger partial charge is 0.360 e. The predicted molar refractivity (Wildman–Crippen MR) is 107 cm³/mol. The highest BCUT2D eigenvalue weighted by Gasteiger charge is 2.12. The van der Waals surface area contributed by atoms with Gasteiger partial charge >= 0.3 is 0 Å². The lowest BCUT2D eigenvalue weighted by Gasteiger charge is -2.06. The molecule has 0 aliphatic heterocycles. The van der Waals surface area contributed by atoms with E-state index in [-0.39, 0.29) is 5.69 Å². The van der Waals surface area contributed by atoms with Crippen LogP contribution in [0.1, 0.15) is 16.1 Å². The number of benzene rings is 2. The van der Waals surface area contributed by atoms with Crippen LogP contribution in [-0.4, -0.2) is 9.91 Å². The maximum atomic E-state index is 10.9. The third-order valence-electron chi connectivity index (χ3n) is 3.97. The van der Waals surface area contributed by atoms with Crippen LogP contribution in [0.15, 0.2) is 54.0 Å². The molecule has 3 rings (SSSR count). The van der Waals surface area contributed by atoms with Crippen molar-refractivity contribution in [3.8, 4) is 17.3 Å².